The van der Waals surface area contributed by atoms with E-state index in [-0.39, 0.29) is 18.2 Å². The highest BCUT2D eigenvalue weighted by molar-refractivity contribution is 6.44. The monoisotopic (exact) mass is 362 g/mol. The minimum Gasteiger partial charge on any atom is -0.319 e. The van der Waals surface area contributed by atoms with Crippen LogP contribution < -0.4 is 10.3 Å². The Morgan fingerprint density at radius 3 is 2.74 bits per heavy atom. The number of hydrazone groups is 1. The summed E-state index contributed by atoms with van der Waals surface area (Å²) in [6.07, 6.45) is 2.13. The lowest BCUT2D eigenvalue weighted by atomic mass is 10.1. The fourth-order valence-corrected chi connectivity index (χ4v) is 3.07. The molecule has 27 heavy (non-hydrogen) atoms. The van der Waals surface area contributed by atoms with E-state index >= 15 is 0 Å². The Morgan fingerprint density at radius 2 is 1.96 bits per heavy atom. The van der Waals surface area contributed by atoms with E-state index in [1.54, 1.807) is 23.0 Å². The summed E-state index contributed by atoms with van der Waals surface area (Å²) in [5.41, 5.74) is 3.10. The number of fused-ring (bicyclic) bond motifs is 1. The number of hydrogen-bond acceptors (Lipinski definition) is 5. The fraction of sp³-hybridized carbons (Fsp3) is 0.211. The molecule has 0 unspecified atom stereocenters. The molecule has 4 rings (SSSR count). The van der Waals surface area contributed by atoms with E-state index in [2.05, 4.69) is 20.5 Å². The molecule has 0 radical (unpaired) electrons. The van der Waals surface area contributed by atoms with Gasteiger partial charge < -0.3 is 5.32 Å². The zero-order chi connectivity index (χ0) is 19.0. The Labute approximate surface area is 155 Å². The first-order valence-electron chi connectivity index (χ1n) is 8.59. The Balaban J connectivity index is 1.59. The van der Waals surface area contributed by atoms with Crippen molar-refractivity contribution in [3.05, 3.63) is 48.3 Å². The topological polar surface area (TPSA) is 92.5 Å². The van der Waals surface area contributed by atoms with Gasteiger partial charge in [-0.3, -0.25) is 14.3 Å². The van der Waals surface area contributed by atoms with Crippen LogP contribution in [0.4, 0.5) is 11.4 Å². The van der Waals surface area contributed by atoms with Gasteiger partial charge >= 0.3 is 0 Å². The first kappa shape index (κ1) is 16.9. The quantitative estimate of drug-likeness (QED) is 0.774. The number of para-hydroxylation sites is 1. The maximum atomic E-state index is 12.6. The highest BCUT2D eigenvalue weighted by Crippen LogP contribution is 2.22. The summed E-state index contributed by atoms with van der Waals surface area (Å²) >= 11 is 0. The third-order valence-electron chi connectivity index (χ3n) is 4.42. The van der Waals surface area contributed by atoms with Gasteiger partial charge in [0, 0.05) is 25.3 Å². The van der Waals surface area contributed by atoms with Crippen molar-refractivity contribution in [3.8, 4) is 0 Å². The Morgan fingerprint density at radius 1 is 1.19 bits per heavy atom. The highest BCUT2D eigenvalue weighted by atomic mass is 16.2. The Bertz CT molecular complexity index is 1070. The predicted molar refractivity (Wildman–Crippen MR) is 102 cm³/mol. The minimum absolute atomic E-state index is 0.133. The van der Waals surface area contributed by atoms with E-state index in [4.69, 9.17) is 0 Å². The van der Waals surface area contributed by atoms with Crippen LogP contribution in [-0.2, 0) is 16.6 Å². The third kappa shape index (κ3) is 3.17. The number of hydrogen-bond donors (Lipinski definition) is 1. The zero-order valence-electron chi connectivity index (χ0n) is 15.0. The molecule has 8 heteroatoms. The minimum atomic E-state index is -0.342. The molecule has 0 spiro atoms. The molecule has 1 aromatic carbocycles. The van der Waals surface area contributed by atoms with Crippen LogP contribution in [0.2, 0.25) is 0 Å². The average Bonchev–Trinajstić information content (AvgIpc) is 2.96. The number of benzene rings is 1. The molecule has 0 aliphatic carbocycles. The number of aromatic nitrogens is 3. The molecule has 8 nitrogen and oxygen atoms in total. The first-order valence-corrected chi connectivity index (χ1v) is 8.59. The number of amides is 2. The molecular weight excluding hydrogens is 344 g/mol. The van der Waals surface area contributed by atoms with Gasteiger partial charge in [-0.2, -0.15) is 10.2 Å². The van der Waals surface area contributed by atoms with Crippen molar-refractivity contribution in [2.75, 3.05) is 10.3 Å². The summed E-state index contributed by atoms with van der Waals surface area (Å²) in [4.78, 5) is 29.2. The SMILES string of the molecule is Cc1nn(C)c2ncc(NC(=O)C3=NN(c4ccccc4)C(=O)CC3)cc12. The van der Waals surface area contributed by atoms with Crippen LogP contribution in [0.25, 0.3) is 11.0 Å². The molecule has 0 saturated heterocycles. The van der Waals surface area contributed by atoms with Gasteiger partial charge in [-0.05, 0) is 25.1 Å². The van der Waals surface area contributed by atoms with E-state index in [0.29, 0.717) is 23.5 Å². The number of rotatable bonds is 3. The van der Waals surface area contributed by atoms with Gasteiger partial charge in [0.05, 0.1) is 23.3 Å². The van der Waals surface area contributed by atoms with Crippen molar-refractivity contribution in [3.63, 3.8) is 0 Å². The summed E-state index contributed by atoms with van der Waals surface area (Å²) in [5.74, 6) is -0.474. The van der Waals surface area contributed by atoms with Crippen LogP contribution in [0.15, 0.2) is 47.7 Å². The molecule has 1 N–H and O–H groups in total. The molecular formula is C19H18N6O2. The summed E-state index contributed by atoms with van der Waals surface area (Å²) in [6, 6.07) is 10.9. The van der Waals surface area contributed by atoms with Gasteiger partial charge in [0.2, 0.25) is 5.91 Å². The maximum absolute atomic E-state index is 12.6. The Hall–Kier alpha value is -3.55. The zero-order valence-corrected chi connectivity index (χ0v) is 15.0. The van der Waals surface area contributed by atoms with E-state index in [9.17, 15) is 9.59 Å². The normalized spacial score (nSPS) is 14.4. The van der Waals surface area contributed by atoms with E-state index in [1.807, 2.05) is 38.2 Å². The highest BCUT2D eigenvalue weighted by Gasteiger charge is 2.25. The molecule has 3 aromatic rings. The van der Waals surface area contributed by atoms with Gasteiger partial charge in [-0.1, -0.05) is 18.2 Å². The number of nitrogens with zero attached hydrogens (tertiary/aromatic N) is 5. The maximum Gasteiger partial charge on any atom is 0.271 e. The average molecular weight is 362 g/mol. The molecule has 2 amide bonds. The summed E-state index contributed by atoms with van der Waals surface area (Å²) < 4.78 is 1.70. The van der Waals surface area contributed by atoms with Crippen molar-refractivity contribution >= 4 is 39.9 Å². The predicted octanol–water partition coefficient (Wildman–Crippen LogP) is 2.40. The molecule has 1 aliphatic rings. The fourth-order valence-electron chi connectivity index (χ4n) is 3.07. The van der Waals surface area contributed by atoms with Crippen LogP contribution in [0.5, 0.6) is 0 Å². The van der Waals surface area contributed by atoms with Gasteiger partial charge in [-0.15, -0.1) is 0 Å². The van der Waals surface area contributed by atoms with E-state index in [0.717, 1.165) is 16.7 Å². The first-order chi connectivity index (χ1) is 13.0. The smallest absolute Gasteiger partial charge is 0.271 e. The largest absolute Gasteiger partial charge is 0.319 e. The molecule has 1 aliphatic heterocycles. The van der Waals surface area contributed by atoms with Crippen LogP contribution in [0, 0.1) is 6.92 Å². The van der Waals surface area contributed by atoms with Gasteiger partial charge in [-0.25, -0.2) is 9.99 Å². The van der Waals surface area contributed by atoms with Crippen molar-refractivity contribution in [2.24, 2.45) is 12.1 Å². The number of aryl methyl sites for hydroxylation is 2. The van der Waals surface area contributed by atoms with Crippen molar-refractivity contribution in [1.82, 2.24) is 14.8 Å². The molecule has 2 aromatic heterocycles. The molecule has 0 bridgehead atoms. The lowest BCUT2D eigenvalue weighted by Crippen LogP contribution is -2.36. The second-order valence-corrected chi connectivity index (χ2v) is 6.35. The van der Waals surface area contributed by atoms with Crippen LogP contribution >= 0.6 is 0 Å². The molecule has 0 saturated carbocycles. The standard InChI is InChI=1S/C19H18N6O2/c1-12-15-10-13(11-20-18(15)24(2)22-12)21-19(27)16-8-9-17(26)25(23-16)14-6-4-3-5-7-14/h3-7,10-11H,8-9H2,1-2H3,(H,21,27). The van der Waals surface area contributed by atoms with Crippen LogP contribution in [-0.4, -0.2) is 32.3 Å². The second-order valence-electron chi connectivity index (χ2n) is 6.35. The third-order valence-corrected chi connectivity index (χ3v) is 4.42. The van der Waals surface area contributed by atoms with E-state index in [1.165, 1.54) is 5.01 Å². The second kappa shape index (κ2) is 6.64. The number of nitrogens with one attached hydrogen (secondary N) is 1. The summed E-state index contributed by atoms with van der Waals surface area (Å²) in [6.45, 7) is 1.89. The van der Waals surface area contributed by atoms with Gasteiger partial charge in [0.15, 0.2) is 5.65 Å². The van der Waals surface area contributed by atoms with Crippen LogP contribution in [0.3, 0.4) is 0 Å². The Kier molecular flexibility index (Phi) is 4.15. The van der Waals surface area contributed by atoms with Crippen molar-refractivity contribution in [1.29, 1.82) is 0 Å². The molecule has 3 heterocycles. The molecule has 136 valence electrons. The summed E-state index contributed by atoms with van der Waals surface area (Å²) in [7, 11) is 1.83. The van der Waals surface area contributed by atoms with Gasteiger partial charge in [0.1, 0.15) is 5.71 Å². The lowest BCUT2D eigenvalue weighted by Gasteiger charge is -2.23. The molecule has 0 fully saturated rings. The molecule has 0 atom stereocenters. The van der Waals surface area contributed by atoms with Crippen molar-refractivity contribution in [2.45, 2.75) is 19.8 Å². The van der Waals surface area contributed by atoms with Crippen LogP contribution in [0.1, 0.15) is 18.5 Å². The van der Waals surface area contributed by atoms with E-state index < -0.39 is 0 Å². The number of carbonyl (C=O) groups excluding carboxylic acids is 2. The van der Waals surface area contributed by atoms with Gasteiger partial charge in [0.25, 0.3) is 5.91 Å². The number of pyridine rings is 1. The number of carbonyl (C=O) groups is 2. The van der Waals surface area contributed by atoms with Crippen molar-refractivity contribution < 1.29 is 9.59 Å². The number of anilines is 2. The lowest BCUT2D eigenvalue weighted by molar-refractivity contribution is -0.118. The summed E-state index contributed by atoms with van der Waals surface area (Å²) in [5, 5.41) is 13.6.